The first kappa shape index (κ1) is 15.6. The Morgan fingerprint density at radius 1 is 1.29 bits per heavy atom. The number of nitrogens with one attached hydrogen (secondary N) is 1. The highest BCUT2D eigenvalue weighted by Gasteiger charge is 2.05. The summed E-state index contributed by atoms with van der Waals surface area (Å²) in [6, 6.07) is 7.71. The highest BCUT2D eigenvalue weighted by Crippen LogP contribution is 2.10. The first-order chi connectivity index (χ1) is 10.1. The maximum atomic E-state index is 12.2. The Kier molecular flexibility index (Phi) is 5.39. The van der Waals surface area contributed by atoms with Gasteiger partial charge in [-0.1, -0.05) is 37.6 Å². The van der Waals surface area contributed by atoms with Crippen molar-refractivity contribution in [3.8, 4) is 0 Å². The van der Waals surface area contributed by atoms with Gasteiger partial charge in [-0.25, -0.2) is 4.98 Å². The van der Waals surface area contributed by atoms with Crippen LogP contribution in [-0.4, -0.2) is 16.1 Å². The van der Waals surface area contributed by atoms with Gasteiger partial charge in [-0.2, -0.15) is 0 Å². The molecule has 4 nitrogen and oxygen atoms in total. The number of benzene rings is 1. The molecule has 0 amide bonds. The Morgan fingerprint density at radius 3 is 2.67 bits per heavy atom. The van der Waals surface area contributed by atoms with Crippen molar-refractivity contribution >= 4 is 17.4 Å². The molecule has 1 aromatic heterocycles. The van der Waals surface area contributed by atoms with Crippen LogP contribution < -0.4 is 10.9 Å². The van der Waals surface area contributed by atoms with Crippen LogP contribution in [0.15, 0.2) is 41.5 Å². The predicted octanol–water partition coefficient (Wildman–Crippen LogP) is 3.21. The SMILES string of the molecule is CC(C)Cn1ccnc(NCCc2ccc(Cl)cc2)c1=O. The smallest absolute Gasteiger partial charge is 0.293 e. The van der Waals surface area contributed by atoms with Gasteiger partial charge in [0, 0.05) is 30.5 Å². The molecule has 1 aromatic carbocycles. The quantitative estimate of drug-likeness (QED) is 0.891. The van der Waals surface area contributed by atoms with E-state index in [0.717, 1.165) is 11.4 Å². The Bertz CT molecular complexity index is 635. The molecule has 0 unspecified atom stereocenters. The lowest BCUT2D eigenvalue weighted by molar-refractivity contribution is 0.509. The zero-order valence-corrected chi connectivity index (χ0v) is 13.1. The van der Waals surface area contributed by atoms with Crippen LogP contribution in [0.2, 0.25) is 5.02 Å². The van der Waals surface area contributed by atoms with E-state index in [1.807, 2.05) is 24.3 Å². The van der Waals surface area contributed by atoms with E-state index in [9.17, 15) is 4.79 Å². The molecule has 1 N–H and O–H groups in total. The van der Waals surface area contributed by atoms with Crippen LogP contribution >= 0.6 is 11.6 Å². The number of anilines is 1. The molecular formula is C16H20ClN3O. The van der Waals surface area contributed by atoms with Crippen LogP contribution in [0.3, 0.4) is 0 Å². The van der Waals surface area contributed by atoms with Crippen molar-refractivity contribution in [2.75, 3.05) is 11.9 Å². The lowest BCUT2D eigenvalue weighted by Gasteiger charge is -2.10. The van der Waals surface area contributed by atoms with E-state index in [-0.39, 0.29) is 5.56 Å². The molecule has 2 rings (SSSR count). The highest BCUT2D eigenvalue weighted by molar-refractivity contribution is 6.30. The fourth-order valence-electron chi connectivity index (χ4n) is 2.08. The molecule has 0 fully saturated rings. The van der Waals surface area contributed by atoms with Gasteiger partial charge in [0.2, 0.25) is 0 Å². The average molecular weight is 306 g/mol. The third kappa shape index (κ3) is 4.60. The van der Waals surface area contributed by atoms with E-state index in [4.69, 9.17) is 11.6 Å². The summed E-state index contributed by atoms with van der Waals surface area (Å²) < 4.78 is 1.70. The molecule has 21 heavy (non-hydrogen) atoms. The van der Waals surface area contributed by atoms with Crippen molar-refractivity contribution in [3.05, 3.63) is 57.6 Å². The lowest BCUT2D eigenvalue weighted by Crippen LogP contribution is -2.26. The number of hydrogen-bond acceptors (Lipinski definition) is 3. The molecule has 0 atom stereocenters. The molecule has 0 spiro atoms. The molecule has 112 valence electrons. The molecule has 0 saturated heterocycles. The third-order valence-electron chi connectivity index (χ3n) is 3.09. The number of nitrogens with zero attached hydrogens (tertiary/aromatic N) is 2. The Morgan fingerprint density at radius 2 is 2.00 bits per heavy atom. The van der Waals surface area contributed by atoms with E-state index in [2.05, 4.69) is 24.1 Å². The first-order valence-corrected chi connectivity index (χ1v) is 7.48. The van der Waals surface area contributed by atoms with Crippen molar-refractivity contribution in [1.29, 1.82) is 0 Å². The summed E-state index contributed by atoms with van der Waals surface area (Å²) in [6.45, 7) is 5.53. The van der Waals surface area contributed by atoms with Gasteiger partial charge in [0.05, 0.1) is 0 Å². The molecular weight excluding hydrogens is 286 g/mol. The summed E-state index contributed by atoms with van der Waals surface area (Å²) in [5.74, 6) is 0.833. The van der Waals surface area contributed by atoms with Crippen LogP contribution in [0.25, 0.3) is 0 Å². The molecule has 0 aliphatic heterocycles. The van der Waals surface area contributed by atoms with Gasteiger partial charge >= 0.3 is 0 Å². The summed E-state index contributed by atoms with van der Waals surface area (Å²) in [5, 5.41) is 3.84. The van der Waals surface area contributed by atoms with Gasteiger partial charge in [-0.05, 0) is 30.0 Å². The zero-order chi connectivity index (χ0) is 15.2. The molecule has 0 aliphatic rings. The van der Waals surface area contributed by atoms with Crippen LogP contribution in [0.1, 0.15) is 19.4 Å². The Hall–Kier alpha value is -1.81. The van der Waals surface area contributed by atoms with E-state index in [1.54, 1.807) is 17.0 Å². The monoisotopic (exact) mass is 305 g/mol. The summed E-state index contributed by atoms with van der Waals surface area (Å²) in [4.78, 5) is 16.3. The molecule has 0 bridgehead atoms. The summed E-state index contributed by atoms with van der Waals surface area (Å²) >= 11 is 5.85. The minimum absolute atomic E-state index is 0.0673. The van der Waals surface area contributed by atoms with Crippen LogP contribution in [-0.2, 0) is 13.0 Å². The van der Waals surface area contributed by atoms with Gasteiger partial charge in [-0.15, -0.1) is 0 Å². The van der Waals surface area contributed by atoms with Crippen molar-refractivity contribution in [3.63, 3.8) is 0 Å². The normalized spacial score (nSPS) is 10.9. The first-order valence-electron chi connectivity index (χ1n) is 7.10. The number of aromatic nitrogens is 2. The van der Waals surface area contributed by atoms with Gasteiger partial charge in [0.25, 0.3) is 5.56 Å². The number of hydrogen-bond donors (Lipinski definition) is 1. The van der Waals surface area contributed by atoms with Crippen molar-refractivity contribution in [2.45, 2.75) is 26.8 Å². The van der Waals surface area contributed by atoms with Crippen LogP contribution in [0, 0.1) is 5.92 Å². The standard InChI is InChI=1S/C16H20ClN3O/c1-12(2)11-20-10-9-19-15(16(20)21)18-8-7-13-3-5-14(17)6-4-13/h3-6,9-10,12H,7-8,11H2,1-2H3,(H,18,19). The fraction of sp³-hybridized carbons (Fsp3) is 0.375. The summed E-state index contributed by atoms with van der Waals surface area (Å²) in [5.41, 5.74) is 1.10. The summed E-state index contributed by atoms with van der Waals surface area (Å²) in [6.07, 6.45) is 4.21. The van der Waals surface area contributed by atoms with E-state index < -0.39 is 0 Å². The second kappa shape index (κ2) is 7.27. The Balaban J connectivity index is 1.97. The van der Waals surface area contributed by atoms with Gasteiger partial charge in [0.1, 0.15) is 0 Å². The van der Waals surface area contributed by atoms with Gasteiger partial charge in [0.15, 0.2) is 5.82 Å². The third-order valence-corrected chi connectivity index (χ3v) is 3.35. The zero-order valence-electron chi connectivity index (χ0n) is 12.3. The van der Waals surface area contributed by atoms with Gasteiger partial charge in [-0.3, -0.25) is 4.79 Å². The predicted molar refractivity (Wildman–Crippen MR) is 87.0 cm³/mol. The lowest BCUT2D eigenvalue weighted by atomic mass is 10.1. The van der Waals surface area contributed by atoms with E-state index in [0.29, 0.717) is 24.8 Å². The number of rotatable bonds is 6. The van der Waals surface area contributed by atoms with Crippen LogP contribution in [0.4, 0.5) is 5.82 Å². The molecule has 1 heterocycles. The van der Waals surface area contributed by atoms with Crippen molar-refractivity contribution in [1.82, 2.24) is 9.55 Å². The molecule has 2 aromatic rings. The van der Waals surface area contributed by atoms with E-state index >= 15 is 0 Å². The number of halogens is 1. The Labute approximate surface area is 129 Å². The topological polar surface area (TPSA) is 46.9 Å². The molecule has 0 saturated carbocycles. The van der Waals surface area contributed by atoms with Crippen molar-refractivity contribution in [2.24, 2.45) is 5.92 Å². The molecule has 0 aliphatic carbocycles. The van der Waals surface area contributed by atoms with E-state index in [1.165, 1.54) is 5.56 Å². The second-order valence-corrected chi connectivity index (χ2v) is 5.87. The highest BCUT2D eigenvalue weighted by atomic mass is 35.5. The largest absolute Gasteiger partial charge is 0.365 e. The maximum Gasteiger partial charge on any atom is 0.293 e. The second-order valence-electron chi connectivity index (χ2n) is 5.43. The fourth-order valence-corrected chi connectivity index (χ4v) is 2.21. The minimum Gasteiger partial charge on any atom is -0.365 e. The van der Waals surface area contributed by atoms with Gasteiger partial charge < -0.3 is 9.88 Å². The molecule has 5 heteroatoms. The average Bonchev–Trinajstić information content (AvgIpc) is 2.44. The van der Waals surface area contributed by atoms with Crippen LogP contribution in [0.5, 0.6) is 0 Å². The maximum absolute atomic E-state index is 12.2. The minimum atomic E-state index is -0.0673. The summed E-state index contributed by atoms with van der Waals surface area (Å²) in [7, 11) is 0. The van der Waals surface area contributed by atoms with Crippen molar-refractivity contribution < 1.29 is 0 Å². The molecule has 0 radical (unpaired) electrons.